The van der Waals surface area contributed by atoms with Gasteiger partial charge in [-0.05, 0) is 81.1 Å². The van der Waals surface area contributed by atoms with Gasteiger partial charge >= 0.3 is 5.97 Å². The Kier molecular flexibility index (Phi) is 7.72. The largest absolute Gasteiger partial charge is 0.506 e. The van der Waals surface area contributed by atoms with Crippen molar-refractivity contribution in [3.63, 3.8) is 0 Å². The van der Waals surface area contributed by atoms with Crippen molar-refractivity contribution in [1.82, 2.24) is 0 Å². The summed E-state index contributed by atoms with van der Waals surface area (Å²) in [7, 11) is 0. The number of aliphatic carboxylic acids is 1. The Morgan fingerprint density at radius 1 is 1.00 bits per heavy atom. The van der Waals surface area contributed by atoms with Gasteiger partial charge in [0.15, 0.2) is 22.8 Å². The fourth-order valence-electron chi connectivity index (χ4n) is 8.64. The third-order valence-corrected chi connectivity index (χ3v) is 10.9. The molecule has 2 unspecified atom stereocenters. The molecule has 3 aliphatic heterocycles. The van der Waals surface area contributed by atoms with Gasteiger partial charge in [-0.1, -0.05) is 35.5 Å². The molecule has 2 fully saturated rings. The molecule has 3 N–H and O–H groups in total. The van der Waals surface area contributed by atoms with Crippen molar-refractivity contribution in [3.05, 3.63) is 63.3 Å². The first-order valence-corrected chi connectivity index (χ1v) is 16.5. The predicted molar refractivity (Wildman–Crippen MR) is 175 cm³/mol. The number of carbonyl (C=O) groups excluding carboxylic acids is 2. The molecule has 0 aromatic heterocycles. The lowest BCUT2D eigenvalue weighted by Gasteiger charge is -2.56. The maximum absolute atomic E-state index is 14.8. The van der Waals surface area contributed by atoms with Crippen LogP contribution < -0.4 is 9.47 Å². The average molecular weight is 647 g/mol. The number of aliphatic hydroxyl groups excluding tert-OH is 1. The fraction of sp³-hybridized carbons (Fsp3) is 0.553. The highest BCUT2D eigenvalue weighted by atomic mass is 16.6. The van der Waals surface area contributed by atoms with Crippen LogP contribution in [0, 0.1) is 11.8 Å². The van der Waals surface area contributed by atoms with E-state index in [0.29, 0.717) is 18.4 Å². The van der Waals surface area contributed by atoms with E-state index >= 15 is 0 Å². The van der Waals surface area contributed by atoms with E-state index in [1.807, 2.05) is 54.5 Å². The molecule has 3 heterocycles. The first-order chi connectivity index (χ1) is 21.9. The van der Waals surface area contributed by atoms with Gasteiger partial charge < -0.3 is 29.5 Å². The summed E-state index contributed by atoms with van der Waals surface area (Å²) in [6.07, 6.45) is 8.28. The maximum atomic E-state index is 14.8. The zero-order chi connectivity index (χ0) is 34.4. The SMILES string of the molecule is CC(C)=CCC[C@]1(C)CC(O)c2c(O)c3c(c(CC=C(C)C)c2O1)O[C@]12C(=CC4C[C@H]1C(C)(C)O[C@@]2(C/C=C(/C)C(=O)O)C4=O)C3=O. The van der Waals surface area contributed by atoms with Gasteiger partial charge in [0, 0.05) is 41.4 Å². The second-order valence-corrected chi connectivity index (χ2v) is 15.3. The molecule has 3 aliphatic carbocycles. The summed E-state index contributed by atoms with van der Waals surface area (Å²) in [5.41, 5.74) is -1.83. The van der Waals surface area contributed by atoms with Crippen LogP contribution in [-0.4, -0.2) is 55.3 Å². The van der Waals surface area contributed by atoms with Crippen LogP contribution in [0.4, 0.5) is 0 Å². The van der Waals surface area contributed by atoms with E-state index in [-0.39, 0.29) is 64.6 Å². The Hall–Kier alpha value is -3.69. The van der Waals surface area contributed by atoms with Crippen molar-refractivity contribution < 1.29 is 43.9 Å². The number of rotatable bonds is 8. The quantitative estimate of drug-likeness (QED) is 0.209. The van der Waals surface area contributed by atoms with E-state index in [0.717, 1.165) is 12.0 Å². The summed E-state index contributed by atoms with van der Waals surface area (Å²) in [5, 5.41) is 33.0. The number of fused-ring (bicyclic) bond motifs is 2. The Morgan fingerprint density at radius 3 is 2.32 bits per heavy atom. The zero-order valence-corrected chi connectivity index (χ0v) is 28.6. The molecule has 1 aromatic carbocycles. The van der Waals surface area contributed by atoms with E-state index < -0.39 is 52.1 Å². The number of phenolic OH excluding ortho intramolecular Hbond substituents is 1. The molecule has 1 aromatic rings. The summed E-state index contributed by atoms with van der Waals surface area (Å²) in [6.45, 7) is 15.1. The van der Waals surface area contributed by atoms with Gasteiger partial charge in [-0.15, -0.1) is 0 Å². The minimum Gasteiger partial charge on any atom is -0.506 e. The van der Waals surface area contributed by atoms with Gasteiger partial charge in [0.05, 0.1) is 17.3 Å². The second kappa shape index (κ2) is 10.9. The van der Waals surface area contributed by atoms with Crippen LogP contribution in [0.15, 0.2) is 46.6 Å². The number of ether oxygens (including phenoxy) is 3. The molecule has 0 amide bonds. The molecule has 1 spiro atoms. The number of hydrogen-bond donors (Lipinski definition) is 3. The lowest BCUT2D eigenvalue weighted by Crippen LogP contribution is -2.72. The zero-order valence-electron chi connectivity index (χ0n) is 28.6. The standard InChI is InChI=1S/C38H46O9/c1-19(2)10-9-14-36(8)18-25(39)27-30(41)28-29(40)24-16-22-17-26-35(6,7)47-37(33(22)42,15-13-21(5)34(43)44)38(24,26)46-32(28)23(31(27)45-36)12-11-20(3)4/h10-11,13,16,22,25-26,39,41H,9,12,14-15,17-18H2,1-8H3,(H,43,44)/b21-13-/t22?,25?,26-,36+,37-,38+/m0/s1. The molecule has 6 aliphatic rings. The van der Waals surface area contributed by atoms with E-state index in [9.17, 15) is 29.7 Å². The second-order valence-electron chi connectivity index (χ2n) is 15.3. The number of phenols is 1. The summed E-state index contributed by atoms with van der Waals surface area (Å²) in [5.74, 6) is -2.90. The van der Waals surface area contributed by atoms with Gasteiger partial charge in [0.25, 0.3) is 0 Å². The van der Waals surface area contributed by atoms with Crippen molar-refractivity contribution in [2.75, 3.05) is 0 Å². The number of carboxylic acids is 1. The van der Waals surface area contributed by atoms with Crippen molar-refractivity contribution in [2.45, 2.75) is 122 Å². The number of ketones is 2. The van der Waals surface area contributed by atoms with Gasteiger partial charge in [0.2, 0.25) is 0 Å². The molecule has 1 saturated heterocycles. The topological polar surface area (TPSA) is 140 Å². The van der Waals surface area contributed by atoms with Crippen molar-refractivity contribution >= 4 is 17.5 Å². The highest BCUT2D eigenvalue weighted by Gasteiger charge is 2.81. The predicted octanol–water partition coefficient (Wildman–Crippen LogP) is 6.65. The number of carbonyl (C=O) groups is 3. The monoisotopic (exact) mass is 646 g/mol. The number of aromatic hydroxyl groups is 1. The highest BCUT2D eigenvalue weighted by molar-refractivity contribution is 6.18. The van der Waals surface area contributed by atoms with Crippen LogP contribution in [0.25, 0.3) is 0 Å². The van der Waals surface area contributed by atoms with E-state index in [1.54, 1.807) is 6.08 Å². The summed E-state index contributed by atoms with van der Waals surface area (Å²) < 4.78 is 20.6. The molecule has 0 radical (unpaired) electrons. The van der Waals surface area contributed by atoms with E-state index in [2.05, 4.69) is 6.08 Å². The summed E-state index contributed by atoms with van der Waals surface area (Å²) in [4.78, 5) is 40.9. The van der Waals surface area contributed by atoms with Crippen LogP contribution in [0.1, 0.15) is 115 Å². The molecule has 9 nitrogen and oxygen atoms in total. The number of hydrogen-bond acceptors (Lipinski definition) is 8. The van der Waals surface area contributed by atoms with Crippen molar-refractivity contribution in [3.8, 4) is 17.2 Å². The molecule has 4 bridgehead atoms. The van der Waals surface area contributed by atoms with Gasteiger partial charge in [-0.25, -0.2) is 4.79 Å². The molecule has 252 valence electrons. The van der Waals surface area contributed by atoms with Gasteiger partial charge in [0.1, 0.15) is 28.4 Å². The number of aliphatic hydroxyl groups is 1. The Morgan fingerprint density at radius 2 is 1.68 bits per heavy atom. The fourth-order valence-corrected chi connectivity index (χ4v) is 8.64. The Bertz CT molecular complexity index is 1720. The van der Waals surface area contributed by atoms with Gasteiger partial charge in [-0.3, -0.25) is 9.59 Å². The third-order valence-electron chi connectivity index (χ3n) is 10.9. The summed E-state index contributed by atoms with van der Waals surface area (Å²) >= 11 is 0. The number of carboxylic acid groups (broad SMARTS) is 1. The molecular formula is C38H46O9. The van der Waals surface area contributed by atoms with E-state index in [4.69, 9.17) is 14.2 Å². The van der Waals surface area contributed by atoms with Gasteiger partial charge in [-0.2, -0.15) is 0 Å². The van der Waals surface area contributed by atoms with Crippen LogP contribution in [0.5, 0.6) is 17.2 Å². The molecule has 1 saturated carbocycles. The first-order valence-electron chi connectivity index (χ1n) is 16.5. The smallest absolute Gasteiger partial charge is 0.330 e. The molecule has 9 heteroatoms. The maximum Gasteiger partial charge on any atom is 0.330 e. The normalized spacial score (nSPS) is 32.7. The lowest BCUT2D eigenvalue weighted by atomic mass is 9.51. The molecule has 6 atom stereocenters. The van der Waals surface area contributed by atoms with E-state index in [1.165, 1.54) is 18.6 Å². The minimum atomic E-state index is -1.67. The number of allylic oxidation sites excluding steroid dienone is 5. The number of benzene rings is 1. The van der Waals surface area contributed by atoms with Crippen LogP contribution in [0.2, 0.25) is 0 Å². The van der Waals surface area contributed by atoms with Crippen molar-refractivity contribution in [1.29, 1.82) is 0 Å². The van der Waals surface area contributed by atoms with Crippen LogP contribution >= 0.6 is 0 Å². The Labute approximate surface area is 276 Å². The lowest BCUT2D eigenvalue weighted by molar-refractivity contribution is -0.171. The number of Topliss-reactive ketones (excluding diaryl/α,β-unsaturated/α-hetero) is 2. The van der Waals surface area contributed by atoms with Crippen LogP contribution in [0.3, 0.4) is 0 Å². The highest BCUT2D eigenvalue weighted by Crippen LogP contribution is 2.69. The first kappa shape index (κ1) is 33.2. The molecule has 47 heavy (non-hydrogen) atoms. The Balaban J connectivity index is 1.60. The molecule has 7 rings (SSSR count). The van der Waals surface area contributed by atoms with Crippen molar-refractivity contribution in [2.24, 2.45) is 11.8 Å². The summed E-state index contributed by atoms with van der Waals surface area (Å²) in [6, 6.07) is 0. The van der Waals surface area contributed by atoms with Crippen LogP contribution in [-0.2, 0) is 20.7 Å². The third kappa shape index (κ3) is 4.75. The minimum absolute atomic E-state index is 0.0497. The average Bonchev–Trinajstić information content (AvgIpc) is 3.11. The molecular weight excluding hydrogens is 600 g/mol.